The Kier molecular flexibility index (Phi) is 4.97. The highest BCUT2D eigenvalue weighted by molar-refractivity contribution is 6.31. The van der Waals surface area contributed by atoms with Crippen LogP contribution in [0.25, 0.3) is 10.4 Å². The molecule has 1 heterocycles. The number of hydrogen-bond acceptors (Lipinski definition) is 4. The molecule has 1 aromatic heterocycles. The van der Waals surface area contributed by atoms with Gasteiger partial charge in [-0.3, -0.25) is 0 Å². The van der Waals surface area contributed by atoms with Crippen molar-refractivity contribution >= 4 is 11.6 Å². The molecule has 0 bridgehead atoms. The van der Waals surface area contributed by atoms with Crippen LogP contribution < -0.4 is 0 Å². The molecule has 0 saturated heterocycles. The predicted molar refractivity (Wildman–Crippen MR) is 78.6 cm³/mol. The monoisotopic (exact) mass is 324 g/mol. The van der Waals surface area contributed by atoms with Crippen LogP contribution in [0.1, 0.15) is 18.9 Å². The van der Waals surface area contributed by atoms with Gasteiger partial charge in [-0.25, -0.2) is 14.1 Å². The number of nitrogens with zero attached hydrogens (tertiary/aromatic N) is 6. The van der Waals surface area contributed by atoms with Gasteiger partial charge < -0.3 is 5.11 Å². The number of rotatable bonds is 6. The molecule has 116 valence electrons. The van der Waals surface area contributed by atoms with E-state index in [1.165, 1.54) is 29.5 Å². The molecule has 0 amide bonds. The van der Waals surface area contributed by atoms with Crippen molar-refractivity contribution in [2.75, 3.05) is 0 Å². The molecule has 0 aliphatic heterocycles. The minimum absolute atomic E-state index is 0.0319. The van der Waals surface area contributed by atoms with E-state index >= 15 is 0 Å². The van der Waals surface area contributed by atoms with Crippen molar-refractivity contribution in [3.63, 3.8) is 0 Å². The van der Waals surface area contributed by atoms with Gasteiger partial charge in [-0.05, 0) is 24.1 Å². The summed E-state index contributed by atoms with van der Waals surface area (Å²) < 4.78 is 14.7. The molecule has 0 spiro atoms. The number of azide groups is 1. The molecule has 7 nitrogen and oxygen atoms in total. The molecule has 0 aliphatic carbocycles. The van der Waals surface area contributed by atoms with Crippen molar-refractivity contribution in [3.8, 4) is 0 Å². The van der Waals surface area contributed by atoms with Gasteiger partial charge in [-0.2, -0.15) is 5.10 Å². The van der Waals surface area contributed by atoms with Gasteiger partial charge in [0, 0.05) is 15.5 Å². The van der Waals surface area contributed by atoms with Crippen LogP contribution in [-0.4, -0.2) is 25.9 Å². The van der Waals surface area contributed by atoms with Gasteiger partial charge in [0.2, 0.25) is 0 Å². The van der Waals surface area contributed by atoms with E-state index in [-0.39, 0.29) is 17.1 Å². The van der Waals surface area contributed by atoms with E-state index < -0.39 is 17.5 Å². The SMILES string of the molecule is CCC(N=[N+]=[N-])C(O)(Cn1cncn1)c1ccc(F)cc1Cl. The molecule has 1 N–H and O–H groups in total. The molecule has 2 atom stereocenters. The van der Waals surface area contributed by atoms with E-state index in [1.54, 1.807) is 6.92 Å². The van der Waals surface area contributed by atoms with Crippen LogP contribution in [-0.2, 0) is 12.1 Å². The second-order valence-electron chi connectivity index (χ2n) is 4.77. The zero-order valence-electron chi connectivity index (χ0n) is 11.8. The Bertz CT molecular complexity index is 688. The third-order valence-electron chi connectivity index (χ3n) is 3.40. The number of benzene rings is 1. The summed E-state index contributed by atoms with van der Waals surface area (Å²) in [6, 6.07) is 2.87. The summed E-state index contributed by atoms with van der Waals surface area (Å²) in [5.41, 5.74) is 7.37. The second kappa shape index (κ2) is 6.74. The topological polar surface area (TPSA) is 99.7 Å². The number of aromatic nitrogens is 3. The molecule has 22 heavy (non-hydrogen) atoms. The normalized spacial score (nSPS) is 14.9. The van der Waals surface area contributed by atoms with Gasteiger partial charge >= 0.3 is 0 Å². The van der Waals surface area contributed by atoms with E-state index in [2.05, 4.69) is 20.1 Å². The first kappa shape index (κ1) is 16.2. The van der Waals surface area contributed by atoms with Crippen LogP contribution in [0.4, 0.5) is 4.39 Å². The average molecular weight is 325 g/mol. The smallest absolute Gasteiger partial charge is 0.137 e. The lowest BCUT2D eigenvalue weighted by molar-refractivity contribution is -0.0115. The van der Waals surface area contributed by atoms with Crippen molar-refractivity contribution < 1.29 is 9.50 Å². The lowest BCUT2D eigenvalue weighted by Gasteiger charge is -2.34. The molecule has 2 unspecified atom stereocenters. The summed E-state index contributed by atoms with van der Waals surface area (Å²) in [4.78, 5) is 6.59. The summed E-state index contributed by atoms with van der Waals surface area (Å²) in [5.74, 6) is -0.520. The van der Waals surface area contributed by atoms with Gasteiger partial charge in [0.1, 0.15) is 24.1 Å². The Labute approximate surface area is 131 Å². The first-order valence-corrected chi connectivity index (χ1v) is 6.93. The molecule has 0 fully saturated rings. The highest BCUT2D eigenvalue weighted by Crippen LogP contribution is 2.36. The molecule has 1 aromatic carbocycles. The third kappa shape index (κ3) is 3.19. The van der Waals surface area contributed by atoms with Crippen molar-refractivity contribution in [2.24, 2.45) is 5.11 Å². The van der Waals surface area contributed by atoms with E-state index in [9.17, 15) is 9.50 Å². The summed E-state index contributed by atoms with van der Waals surface area (Å²) in [7, 11) is 0. The van der Waals surface area contributed by atoms with Gasteiger partial charge in [0.25, 0.3) is 0 Å². The van der Waals surface area contributed by atoms with E-state index in [1.807, 2.05) is 0 Å². The minimum Gasteiger partial charge on any atom is -0.383 e. The largest absolute Gasteiger partial charge is 0.383 e. The Morgan fingerprint density at radius 2 is 2.36 bits per heavy atom. The quantitative estimate of drug-likeness (QED) is 0.502. The lowest BCUT2D eigenvalue weighted by Crippen LogP contribution is -2.42. The Hall–Kier alpha value is -2.15. The van der Waals surface area contributed by atoms with Crippen LogP contribution in [0.2, 0.25) is 5.02 Å². The maximum Gasteiger partial charge on any atom is 0.137 e. The molecule has 0 radical (unpaired) electrons. The van der Waals surface area contributed by atoms with Crippen LogP contribution >= 0.6 is 11.6 Å². The fourth-order valence-electron chi connectivity index (χ4n) is 2.35. The highest BCUT2D eigenvalue weighted by Gasteiger charge is 2.39. The minimum atomic E-state index is -1.64. The lowest BCUT2D eigenvalue weighted by atomic mass is 9.85. The highest BCUT2D eigenvalue weighted by atomic mass is 35.5. The number of hydrogen-bond donors (Lipinski definition) is 1. The van der Waals surface area contributed by atoms with Crippen molar-refractivity contribution in [1.29, 1.82) is 0 Å². The first-order valence-electron chi connectivity index (χ1n) is 6.55. The van der Waals surface area contributed by atoms with Gasteiger partial charge in [0.15, 0.2) is 0 Å². The number of aliphatic hydroxyl groups is 1. The maximum atomic E-state index is 13.3. The molecule has 0 saturated carbocycles. The van der Waals surface area contributed by atoms with Crippen LogP contribution in [0.5, 0.6) is 0 Å². The summed E-state index contributed by atoms with van der Waals surface area (Å²) in [6.07, 6.45) is 3.11. The van der Waals surface area contributed by atoms with Crippen LogP contribution in [0.15, 0.2) is 36.0 Å². The van der Waals surface area contributed by atoms with Crippen molar-refractivity contribution in [3.05, 3.63) is 57.7 Å². The van der Waals surface area contributed by atoms with Gasteiger partial charge in [-0.15, -0.1) is 0 Å². The van der Waals surface area contributed by atoms with Crippen molar-refractivity contribution in [2.45, 2.75) is 31.5 Å². The summed E-state index contributed by atoms with van der Waals surface area (Å²) in [5, 5.41) is 18.8. The molecule has 9 heteroatoms. The van der Waals surface area contributed by atoms with Crippen LogP contribution in [0.3, 0.4) is 0 Å². The van der Waals surface area contributed by atoms with Crippen molar-refractivity contribution in [1.82, 2.24) is 14.8 Å². The Morgan fingerprint density at radius 1 is 1.59 bits per heavy atom. The second-order valence-corrected chi connectivity index (χ2v) is 5.18. The fourth-order valence-corrected chi connectivity index (χ4v) is 2.68. The predicted octanol–water partition coefficient (Wildman–Crippen LogP) is 3.05. The Balaban J connectivity index is 2.54. The van der Waals surface area contributed by atoms with E-state index in [0.29, 0.717) is 6.42 Å². The zero-order chi connectivity index (χ0) is 16.2. The number of halogens is 2. The molecule has 0 aliphatic rings. The third-order valence-corrected chi connectivity index (χ3v) is 3.71. The Morgan fingerprint density at radius 3 is 2.91 bits per heavy atom. The zero-order valence-corrected chi connectivity index (χ0v) is 12.5. The summed E-state index contributed by atoms with van der Waals surface area (Å²) in [6.45, 7) is 1.74. The molecular weight excluding hydrogens is 311 g/mol. The van der Waals surface area contributed by atoms with E-state index in [4.69, 9.17) is 17.1 Å². The molecule has 2 aromatic rings. The standard InChI is InChI=1S/C13H14ClFN6O/c1-2-12(19-20-16)13(22,6-21-8-17-7-18-21)10-4-3-9(15)5-11(10)14/h3-5,7-8,12,22H,2,6H2,1H3. The average Bonchev–Trinajstić information content (AvgIpc) is 2.97. The van der Waals surface area contributed by atoms with Crippen LogP contribution in [0, 0.1) is 5.82 Å². The molecular formula is C13H14ClFN6O. The first-order chi connectivity index (χ1) is 10.5. The summed E-state index contributed by atoms with van der Waals surface area (Å²) >= 11 is 6.08. The van der Waals surface area contributed by atoms with Gasteiger partial charge in [0.05, 0.1) is 12.6 Å². The van der Waals surface area contributed by atoms with Gasteiger partial charge in [-0.1, -0.05) is 29.7 Å². The molecule has 2 rings (SSSR count). The maximum absolute atomic E-state index is 13.3. The van der Waals surface area contributed by atoms with E-state index in [0.717, 1.165) is 6.07 Å². The fraction of sp³-hybridized carbons (Fsp3) is 0.385.